The topological polar surface area (TPSA) is 79.7 Å². The molecular weight excluding hydrogens is 472 g/mol. The first kappa shape index (κ1) is 22.1. The zero-order valence-electron chi connectivity index (χ0n) is 18.3. The molecule has 1 fully saturated rings. The number of hydrogen-bond acceptors (Lipinski definition) is 6. The first-order valence-corrected chi connectivity index (χ1v) is 11.6. The van der Waals surface area contributed by atoms with E-state index in [1.54, 1.807) is 55.6 Å². The number of halogens is 1. The molecular formula is C26H19ClN2O4S. The van der Waals surface area contributed by atoms with Crippen LogP contribution in [-0.2, 0) is 9.59 Å². The van der Waals surface area contributed by atoms with Crippen molar-refractivity contribution in [2.24, 2.45) is 0 Å². The van der Waals surface area contributed by atoms with E-state index < -0.39 is 17.7 Å². The lowest BCUT2D eigenvalue weighted by Gasteiger charge is -2.23. The van der Waals surface area contributed by atoms with Gasteiger partial charge in [-0.15, -0.1) is 0 Å². The molecule has 5 rings (SSSR count). The first-order valence-electron chi connectivity index (χ1n) is 10.5. The number of aromatic nitrogens is 1. The molecule has 0 radical (unpaired) electrons. The van der Waals surface area contributed by atoms with Crippen LogP contribution in [0.5, 0.6) is 5.75 Å². The van der Waals surface area contributed by atoms with Gasteiger partial charge in [0.05, 0.1) is 28.9 Å². The number of benzene rings is 3. The fourth-order valence-electron chi connectivity index (χ4n) is 4.04. The number of methoxy groups -OCH3 is 1. The van der Waals surface area contributed by atoms with Crippen LogP contribution in [0.3, 0.4) is 0 Å². The van der Waals surface area contributed by atoms with E-state index in [9.17, 15) is 14.7 Å². The van der Waals surface area contributed by atoms with E-state index >= 15 is 0 Å². The SMILES string of the molecule is COc1cccc(C2/C(=C(\O)c3ccc(Cl)cc3)C(=O)C(=O)N2c2nc3ccc(C)cc3s2)c1. The molecule has 1 aliphatic heterocycles. The number of nitrogens with zero attached hydrogens (tertiary/aromatic N) is 2. The Morgan fingerprint density at radius 3 is 2.59 bits per heavy atom. The Morgan fingerprint density at radius 1 is 1.09 bits per heavy atom. The summed E-state index contributed by atoms with van der Waals surface area (Å²) in [5, 5.41) is 12.1. The van der Waals surface area contributed by atoms with Crippen molar-refractivity contribution in [2.75, 3.05) is 12.0 Å². The number of Topliss-reactive ketones (excluding diaryl/α,β-unsaturated/α-hetero) is 1. The maximum atomic E-state index is 13.3. The van der Waals surface area contributed by atoms with Gasteiger partial charge in [-0.1, -0.05) is 41.1 Å². The second-order valence-electron chi connectivity index (χ2n) is 7.92. The van der Waals surface area contributed by atoms with E-state index in [-0.39, 0.29) is 11.3 Å². The van der Waals surface area contributed by atoms with Crippen LogP contribution >= 0.6 is 22.9 Å². The van der Waals surface area contributed by atoms with Gasteiger partial charge in [0.1, 0.15) is 11.5 Å². The van der Waals surface area contributed by atoms with Crippen molar-refractivity contribution in [1.29, 1.82) is 0 Å². The summed E-state index contributed by atoms with van der Waals surface area (Å²) < 4.78 is 6.27. The van der Waals surface area contributed by atoms with E-state index in [1.807, 2.05) is 25.1 Å². The highest BCUT2D eigenvalue weighted by Crippen LogP contribution is 2.44. The molecule has 1 atom stereocenters. The second-order valence-corrected chi connectivity index (χ2v) is 9.37. The third kappa shape index (κ3) is 3.73. The van der Waals surface area contributed by atoms with Crippen LogP contribution in [0.15, 0.2) is 72.3 Å². The molecule has 1 aliphatic rings. The highest BCUT2D eigenvalue weighted by atomic mass is 35.5. The highest BCUT2D eigenvalue weighted by Gasteiger charge is 2.48. The number of hydrogen-bond donors (Lipinski definition) is 1. The predicted molar refractivity (Wildman–Crippen MR) is 134 cm³/mol. The maximum absolute atomic E-state index is 13.3. The fraction of sp³-hybridized carbons (Fsp3) is 0.115. The molecule has 1 unspecified atom stereocenters. The molecule has 0 bridgehead atoms. The Hall–Kier alpha value is -3.68. The number of aliphatic hydroxyl groups excluding tert-OH is 1. The van der Waals surface area contributed by atoms with Crippen LogP contribution in [0, 0.1) is 6.92 Å². The van der Waals surface area contributed by atoms with Gasteiger partial charge in [-0.05, 0) is 66.6 Å². The smallest absolute Gasteiger partial charge is 0.301 e. The van der Waals surface area contributed by atoms with Crippen molar-refractivity contribution in [3.63, 3.8) is 0 Å². The number of ketones is 1. The van der Waals surface area contributed by atoms with Gasteiger partial charge in [-0.2, -0.15) is 0 Å². The summed E-state index contributed by atoms with van der Waals surface area (Å²) in [5.41, 5.74) is 2.78. The van der Waals surface area contributed by atoms with Crippen molar-refractivity contribution in [3.05, 3.63) is 94.0 Å². The predicted octanol–water partition coefficient (Wildman–Crippen LogP) is 5.89. The number of carbonyl (C=O) groups is 2. The standard InChI is InChI=1S/C26H19ClN2O4S/c1-14-6-11-19-20(12-14)34-26(28-19)29-22(16-4-3-5-18(13-16)33-2)21(24(31)25(29)32)23(30)15-7-9-17(27)10-8-15/h3-13,22,30H,1-2H3/b23-21+. The van der Waals surface area contributed by atoms with Crippen LogP contribution in [0.4, 0.5) is 5.13 Å². The molecule has 1 amide bonds. The monoisotopic (exact) mass is 490 g/mol. The van der Waals surface area contributed by atoms with E-state index in [4.69, 9.17) is 16.3 Å². The molecule has 1 N–H and O–H groups in total. The number of rotatable bonds is 4. The molecule has 0 spiro atoms. The Balaban J connectivity index is 1.74. The van der Waals surface area contributed by atoms with Gasteiger partial charge in [-0.25, -0.2) is 4.98 Å². The van der Waals surface area contributed by atoms with Gasteiger partial charge < -0.3 is 9.84 Å². The molecule has 3 aromatic carbocycles. The Kier molecular flexibility index (Phi) is 5.59. The molecule has 0 saturated carbocycles. The van der Waals surface area contributed by atoms with Gasteiger partial charge in [0.15, 0.2) is 5.13 Å². The molecule has 2 heterocycles. The van der Waals surface area contributed by atoms with Crippen molar-refractivity contribution in [2.45, 2.75) is 13.0 Å². The van der Waals surface area contributed by atoms with Crippen LogP contribution < -0.4 is 9.64 Å². The number of amides is 1. The normalized spacial score (nSPS) is 17.5. The van der Waals surface area contributed by atoms with Gasteiger partial charge in [0.2, 0.25) is 0 Å². The lowest BCUT2D eigenvalue weighted by molar-refractivity contribution is -0.132. The minimum Gasteiger partial charge on any atom is -0.507 e. The average Bonchev–Trinajstić information content (AvgIpc) is 3.37. The van der Waals surface area contributed by atoms with Crippen LogP contribution in [0.2, 0.25) is 5.02 Å². The van der Waals surface area contributed by atoms with Gasteiger partial charge >= 0.3 is 5.91 Å². The van der Waals surface area contributed by atoms with Crippen molar-refractivity contribution >= 4 is 55.7 Å². The van der Waals surface area contributed by atoms with E-state index in [1.165, 1.54) is 16.2 Å². The highest BCUT2D eigenvalue weighted by molar-refractivity contribution is 7.22. The minimum absolute atomic E-state index is 0.0176. The molecule has 34 heavy (non-hydrogen) atoms. The number of thiazole rings is 1. The number of ether oxygens (including phenoxy) is 1. The number of carbonyl (C=O) groups excluding carboxylic acids is 2. The van der Waals surface area contributed by atoms with Crippen LogP contribution in [-0.4, -0.2) is 28.9 Å². The summed E-state index contributed by atoms with van der Waals surface area (Å²) >= 11 is 7.31. The number of fused-ring (bicyclic) bond motifs is 1. The van der Waals surface area contributed by atoms with Crippen LogP contribution in [0.25, 0.3) is 16.0 Å². The molecule has 4 aromatic rings. The summed E-state index contributed by atoms with van der Waals surface area (Å²) in [6, 6.07) is 18.5. The summed E-state index contributed by atoms with van der Waals surface area (Å²) in [6.45, 7) is 1.98. The Bertz CT molecular complexity index is 1480. The molecule has 1 aromatic heterocycles. The zero-order valence-corrected chi connectivity index (χ0v) is 19.9. The number of aryl methyl sites for hydroxylation is 1. The summed E-state index contributed by atoms with van der Waals surface area (Å²) in [4.78, 5) is 32.6. The summed E-state index contributed by atoms with van der Waals surface area (Å²) in [5.74, 6) is -1.24. The van der Waals surface area contributed by atoms with E-state index in [0.717, 1.165) is 15.8 Å². The van der Waals surface area contributed by atoms with Gasteiger partial charge in [0.25, 0.3) is 5.78 Å². The largest absolute Gasteiger partial charge is 0.507 e. The zero-order chi connectivity index (χ0) is 24.0. The van der Waals surface area contributed by atoms with E-state index in [0.29, 0.717) is 27.0 Å². The molecule has 1 saturated heterocycles. The molecule has 170 valence electrons. The van der Waals surface area contributed by atoms with Gasteiger partial charge in [-0.3, -0.25) is 14.5 Å². The number of anilines is 1. The Labute approximate surface area is 204 Å². The average molecular weight is 491 g/mol. The fourth-order valence-corrected chi connectivity index (χ4v) is 5.26. The summed E-state index contributed by atoms with van der Waals surface area (Å²) in [7, 11) is 1.54. The molecule has 0 aliphatic carbocycles. The quantitative estimate of drug-likeness (QED) is 0.219. The van der Waals surface area contributed by atoms with Crippen molar-refractivity contribution < 1.29 is 19.4 Å². The summed E-state index contributed by atoms with van der Waals surface area (Å²) in [6.07, 6.45) is 0. The molecule has 6 nitrogen and oxygen atoms in total. The third-order valence-electron chi connectivity index (χ3n) is 5.71. The second kappa shape index (κ2) is 8.59. The van der Waals surface area contributed by atoms with Gasteiger partial charge in [0, 0.05) is 10.6 Å². The number of aliphatic hydroxyl groups is 1. The Morgan fingerprint density at radius 2 is 1.85 bits per heavy atom. The van der Waals surface area contributed by atoms with E-state index in [2.05, 4.69) is 4.98 Å². The molecule has 8 heteroatoms. The minimum atomic E-state index is -0.882. The van der Waals surface area contributed by atoms with Crippen molar-refractivity contribution in [3.8, 4) is 5.75 Å². The van der Waals surface area contributed by atoms with Crippen molar-refractivity contribution in [1.82, 2.24) is 4.98 Å². The third-order valence-corrected chi connectivity index (χ3v) is 6.98. The lowest BCUT2D eigenvalue weighted by Crippen LogP contribution is -2.29. The van der Waals surface area contributed by atoms with Crippen LogP contribution in [0.1, 0.15) is 22.7 Å². The lowest BCUT2D eigenvalue weighted by atomic mass is 9.95. The first-order chi connectivity index (χ1) is 16.4. The maximum Gasteiger partial charge on any atom is 0.301 e.